The van der Waals surface area contributed by atoms with E-state index in [1.807, 2.05) is 35.7 Å². The van der Waals surface area contributed by atoms with Gasteiger partial charge in [-0.25, -0.2) is 8.42 Å². The standard InChI is InChI=1S/C19H21BrN4O3S/c1-2-27-16-7-6-15(20)13-17(16)28(25,26)23-11-8-14(9-12-23)19-22-21-18-5-3-4-10-24(18)19/h3-7,10,13-14H,2,8-9,11-12H2,1H3. The van der Waals surface area contributed by atoms with Crippen LogP contribution in [-0.2, 0) is 10.0 Å². The number of sulfonamides is 1. The van der Waals surface area contributed by atoms with Gasteiger partial charge in [-0.15, -0.1) is 10.2 Å². The molecule has 7 nitrogen and oxygen atoms in total. The van der Waals surface area contributed by atoms with Gasteiger partial charge in [-0.2, -0.15) is 4.31 Å². The highest BCUT2D eigenvalue weighted by Crippen LogP contribution is 2.34. The van der Waals surface area contributed by atoms with Crippen molar-refractivity contribution in [2.75, 3.05) is 19.7 Å². The highest BCUT2D eigenvalue weighted by atomic mass is 79.9. The van der Waals surface area contributed by atoms with Crippen LogP contribution in [0.2, 0.25) is 0 Å². The van der Waals surface area contributed by atoms with Crippen molar-refractivity contribution in [3.8, 4) is 5.75 Å². The minimum absolute atomic E-state index is 0.178. The van der Waals surface area contributed by atoms with Crippen molar-refractivity contribution in [3.63, 3.8) is 0 Å². The number of fused-ring (bicyclic) bond motifs is 1. The third-order valence-corrected chi connectivity index (χ3v) is 7.40. The number of nitrogens with zero attached hydrogens (tertiary/aromatic N) is 4. The van der Waals surface area contributed by atoms with Crippen LogP contribution in [0.15, 0.2) is 52.0 Å². The SMILES string of the molecule is CCOc1ccc(Br)cc1S(=O)(=O)N1CCC(c2nnc3ccccn23)CC1. The summed E-state index contributed by atoms with van der Waals surface area (Å²) in [4.78, 5) is 0.204. The van der Waals surface area contributed by atoms with E-state index in [9.17, 15) is 8.42 Å². The molecule has 3 aromatic rings. The summed E-state index contributed by atoms with van der Waals surface area (Å²) in [5, 5.41) is 8.54. The van der Waals surface area contributed by atoms with E-state index in [2.05, 4.69) is 26.1 Å². The van der Waals surface area contributed by atoms with Gasteiger partial charge in [-0.3, -0.25) is 4.40 Å². The fraction of sp³-hybridized carbons (Fsp3) is 0.368. The highest BCUT2D eigenvalue weighted by molar-refractivity contribution is 9.10. The molecule has 0 amide bonds. The van der Waals surface area contributed by atoms with Crippen LogP contribution in [0.4, 0.5) is 0 Å². The molecule has 1 aliphatic heterocycles. The van der Waals surface area contributed by atoms with Crippen LogP contribution in [0.5, 0.6) is 5.75 Å². The average molecular weight is 465 g/mol. The van der Waals surface area contributed by atoms with Crippen LogP contribution >= 0.6 is 15.9 Å². The van der Waals surface area contributed by atoms with Crippen LogP contribution in [0.1, 0.15) is 31.5 Å². The van der Waals surface area contributed by atoms with E-state index in [4.69, 9.17) is 4.74 Å². The lowest BCUT2D eigenvalue weighted by atomic mass is 9.97. The van der Waals surface area contributed by atoms with Crippen molar-refractivity contribution >= 4 is 31.6 Å². The molecule has 148 valence electrons. The Balaban J connectivity index is 1.56. The largest absolute Gasteiger partial charge is 0.492 e. The fourth-order valence-corrected chi connectivity index (χ4v) is 5.73. The molecule has 1 aromatic carbocycles. The first kappa shape index (κ1) is 19.4. The number of piperidine rings is 1. The second-order valence-electron chi connectivity index (χ2n) is 6.69. The van der Waals surface area contributed by atoms with Crippen LogP contribution in [-0.4, -0.2) is 47.0 Å². The Bertz CT molecular complexity index is 1090. The molecular formula is C19H21BrN4O3S. The average Bonchev–Trinajstić information content (AvgIpc) is 3.14. The third-order valence-electron chi connectivity index (χ3n) is 4.98. The molecule has 3 heterocycles. The van der Waals surface area contributed by atoms with Crippen molar-refractivity contribution in [2.45, 2.75) is 30.6 Å². The Morgan fingerprint density at radius 3 is 2.71 bits per heavy atom. The molecule has 0 spiro atoms. The predicted molar refractivity (Wildman–Crippen MR) is 109 cm³/mol. The molecule has 1 saturated heterocycles. The van der Waals surface area contributed by atoms with Crippen molar-refractivity contribution in [3.05, 3.63) is 52.9 Å². The van der Waals surface area contributed by atoms with E-state index in [-0.39, 0.29) is 10.8 Å². The zero-order valence-corrected chi connectivity index (χ0v) is 17.9. The molecule has 0 unspecified atom stereocenters. The Kier molecular flexibility index (Phi) is 5.39. The van der Waals surface area contributed by atoms with Crippen molar-refractivity contribution in [1.29, 1.82) is 0 Å². The Morgan fingerprint density at radius 2 is 1.96 bits per heavy atom. The second kappa shape index (κ2) is 7.81. The van der Waals surface area contributed by atoms with Gasteiger partial charge in [-0.1, -0.05) is 22.0 Å². The summed E-state index contributed by atoms with van der Waals surface area (Å²) in [5.74, 6) is 1.46. The number of aromatic nitrogens is 3. The van der Waals surface area contributed by atoms with E-state index in [0.29, 0.717) is 42.8 Å². The van der Waals surface area contributed by atoms with Gasteiger partial charge >= 0.3 is 0 Å². The molecule has 0 aliphatic carbocycles. The van der Waals surface area contributed by atoms with Gasteiger partial charge < -0.3 is 4.74 Å². The highest BCUT2D eigenvalue weighted by Gasteiger charge is 2.33. The molecule has 1 aliphatic rings. The van der Waals surface area contributed by atoms with Crippen molar-refractivity contribution in [1.82, 2.24) is 18.9 Å². The molecule has 0 bridgehead atoms. The molecule has 4 rings (SSSR count). The summed E-state index contributed by atoms with van der Waals surface area (Å²) in [7, 11) is -3.64. The monoisotopic (exact) mass is 464 g/mol. The maximum atomic E-state index is 13.2. The van der Waals surface area contributed by atoms with Crippen LogP contribution in [0.25, 0.3) is 5.65 Å². The number of benzene rings is 1. The fourth-order valence-electron chi connectivity index (χ4n) is 3.59. The number of ether oxygens (including phenoxy) is 1. The quantitative estimate of drug-likeness (QED) is 0.577. The minimum atomic E-state index is -3.64. The van der Waals surface area contributed by atoms with E-state index < -0.39 is 10.0 Å². The summed E-state index contributed by atoms with van der Waals surface area (Å²) in [6.07, 6.45) is 3.35. The third kappa shape index (κ3) is 3.54. The predicted octanol–water partition coefficient (Wildman–Crippen LogP) is 3.46. The first-order valence-corrected chi connectivity index (χ1v) is 11.5. The smallest absolute Gasteiger partial charge is 0.246 e. The summed E-state index contributed by atoms with van der Waals surface area (Å²) in [6, 6.07) is 10.9. The Labute approximate surface area is 172 Å². The molecule has 0 atom stereocenters. The first-order chi connectivity index (χ1) is 13.5. The second-order valence-corrected chi connectivity index (χ2v) is 9.51. The number of halogens is 1. The number of pyridine rings is 1. The van der Waals surface area contributed by atoms with Crippen LogP contribution in [0, 0.1) is 0 Å². The zero-order valence-electron chi connectivity index (χ0n) is 15.5. The number of rotatable bonds is 5. The van der Waals surface area contributed by atoms with Gasteiger partial charge in [0.05, 0.1) is 6.61 Å². The zero-order chi connectivity index (χ0) is 19.7. The maximum absolute atomic E-state index is 13.2. The molecule has 1 fully saturated rings. The van der Waals surface area contributed by atoms with Crippen molar-refractivity contribution < 1.29 is 13.2 Å². The lowest BCUT2D eigenvalue weighted by Crippen LogP contribution is -2.38. The number of hydrogen-bond donors (Lipinski definition) is 0. The van der Waals surface area contributed by atoms with Gasteiger partial charge in [0.25, 0.3) is 0 Å². The van der Waals surface area contributed by atoms with Crippen LogP contribution in [0.3, 0.4) is 0 Å². The minimum Gasteiger partial charge on any atom is -0.492 e. The lowest BCUT2D eigenvalue weighted by Gasteiger charge is -2.30. The topological polar surface area (TPSA) is 76.8 Å². The Morgan fingerprint density at radius 1 is 1.18 bits per heavy atom. The van der Waals surface area contributed by atoms with E-state index in [0.717, 1.165) is 11.5 Å². The van der Waals surface area contributed by atoms with Crippen LogP contribution < -0.4 is 4.74 Å². The summed E-state index contributed by atoms with van der Waals surface area (Å²) >= 11 is 3.37. The summed E-state index contributed by atoms with van der Waals surface area (Å²) in [5.41, 5.74) is 0.808. The normalized spacial score (nSPS) is 16.5. The van der Waals surface area contributed by atoms with Gasteiger partial charge in [-0.05, 0) is 50.1 Å². The van der Waals surface area contributed by atoms with E-state index in [1.54, 1.807) is 18.2 Å². The first-order valence-electron chi connectivity index (χ1n) is 9.23. The molecule has 28 heavy (non-hydrogen) atoms. The van der Waals surface area contributed by atoms with Gasteiger partial charge in [0.15, 0.2) is 5.65 Å². The Hall–Kier alpha value is -1.97. The summed E-state index contributed by atoms with van der Waals surface area (Å²) < 4.78 is 36.2. The summed E-state index contributed by atoms with van der Waals surface area (Å²) in [6.45, 7) is 3.12. The molecule has 0 radical (unpaired) electrons. The maximum Gasteiger partial charge on any atom is 0.246 e. The molecule has 0 saturated carbocycles. The molecule has 2 aromatic heterocycles. The van der Waals surface area contributed by atoms with Crippen molar-refractivity contribution in [2.24, 2.45) is 0 Å². The molecule has 9 heteroatoms. The van der Waals surface area contributed by atoms with Gasteiger partial charge in [0.1, 0.15) is 16.5 Å². The van der Waals surface area contributed by atoms with E-state index in [1.165, 1.54) is 4.31 Å². The molecule has 0 N–H and O–H groups in total. The van der Waals surface area contributed by atoms with Gasteiger partial charge in [0, 0.05) is 29.7 Å². The molecular weight excluding hydrogens is 444 g/mol. The lowest BCUT2D eigenvalue weighted by molar-refractivity contribution is 0.306. The number of hydrogen-bond acceptors (Lipinski definition) is 5. The van der Waals surface area contributed by atoms with E-state index >= 15 is 0 Å². The van der Waals surface area contributed by atoms with Gasteiger partial charge in [0.2, 0.25) is 10.0 Å².